The first-order valence-electron chi connectivity index (χ1n) is 4.55. The molecule has 1 amide bonds. The van der Waals surface area contributed by atoms with E-state index in [2.05, 4.69) is 10.1 Å². The van der Waals surface area contributed by atoms with E-state index in [1.807, 2.05) is 31.2 Å². The van der Waals surface area contributed by atoms with Crippen LogP contribution < -0.4 is 5.32 Å². The van der Waals surface area contributed by atoms with Gasteiger partial charge in [-0.1, -0.05) is 18.2 Å². The standard InChI is InChI=1S/C11H11NO3/c1-7-8-5-3-4-6-9(8)15-10(7)12-11(13)14-2/h3-6H,1-2H3,(H,12,13). The largest absolute Gasteiger partial charge is 0.453 e. The van der Waals surface area contributed by atoms with Gasteiger partial charge in [0.15, 0.2) is 0 Å². The smallest absolute Gasteiger partial charge is 0.413 e. The molecule has 0 aliphatic rings. The number of para-hydroxylation sites is 1. The molecule has 0 saturated carbocycles. The van der Waals surface area contributed by atoms with Gasteiger partial charge in [-0.25, -0.2) is 4.79 Å². The van der Waals surface area contributed by atoms with E-state index >= 15 is 0 Å². The summed E-state index contributed by atoms with van der Waals surface area (Å²) < 4.78 is 9.95. The van der Waals surface area contributed by atoms with E-state index in [0.29, 0.717) is 5.88 Å². The van der Waals surface area contributed by atoms with Crippen molar-refractivity contribution in [3.63, 3.8) is 0 Å². The Hall–Kier alpha value is -1.97. The van der Waals surface area contributed by atoms with Crippen molar-refractivity contribution >= 4 is 22.9 Å². The molecule has 2 rings (SSSR count). The van der Waals surface area contributed by atoms with Crippen molar-refractivity contribution in [2.24, 2.45) is 0 Å². The van der Waals surface area contributed by atoms with Crippen molar-refractivity contribution in [1.82, 2.24) is 0 Å². The number of methoxy groups -OCH3 is 1. The van der Waals surface area contributed by atoms with Crippen LogP contribution in [0, 0.1) is 6.92 Å². The summed E-state index contributed by atoms with van der Waals surface area (Å²) in [6.07, 6.45) is -0.530. The number of ether oxygens (including phenoxy) is 1. The van der Waals surface area contributed by atoms with Gasteiger partial charge in [0.2, 0.25) is 5.88 Å². The molecule has 0 bridgehead atoms. The molecule has 0 atom stereocenters. The molecule has 1 aromatic carbocycles. The van der Waals surface area contributed by atoms with Crippen LogP contribution in [0.5, 0.6) is 0 Å². The first kappa shape index (κ1) is 9.58. The number of hydrogen-bond donors (Lipinski definition) is 1. The molecule has 1 heterocycles. The highest BCUT2D eigenvalue weighted by molar-refractivity contribution is 5.91. The zero-order valence-corrected chi connectivity index (χ0v) is 8.53. The predicted octanol–water partition coefficient (Wildman–Crippen LogP) is 2.92. The van der Waals surface area contributed by atoms with Crippen LogP contribution in [0.1, 0.15) is 5.56 Å². The third-order valence-corrected chi connectivity index (χ3v) is 2.24. The Morgan fingerprint density at radius 1 is 1.40 bits per heavy atom. The Labute approximate surface area is 86.8 Å². The lowest BCUT2D eigenvalue weighted by Crippen LogP contribution is -2.10. The summed E-state index contributed by atoms with van der Waals surface area (Å²) in [5, 5.41) is 3.51. The second kappa shape index (κ2) is 3.65. The molecule has 4 nitrogen and oxygen atoms in total. The minimum atomic E-state index is -0.530. The first-order valence-corrected chi connectivity index (χ1v) is 4.55. The van der Waals surface area contributed by atoms with Crippen LogP contribution in [0.2, 0.25) is 0 Å². The van der Waals surface area contributed by atoms with Gasteiger partial charge in [-0.15, -0.1) is 0 Å². The number of anilines is 1. The summed E-state index contributed by atoms with van der Waals surface area (Å²) in [7, 11) is 1.31. The molecule has 78 valence electrons. The summed E-state index contributed by atoms with van der Waals surface area (Å²) >= 11 is 0. The van der Waals surface area contributed by atoms with Crippen LogP contribution >= 0.6 is 0 Å². The number of fused-ring (bicyclic) bond motifs is 1. The van der Waals surface area contributed by atoms with Gasteiger partial charge in [-0.2, -0.15) is 0 Å². The number of furan rings is 1. The monoisotopic (exact) mass is 205 g/mol. The molecule has 1 N–H and O–H groups in total. The van der Waals surface area contributed by atoms with Crippen LogP contribution in [0.15, 0.2) is 28.7 Å². The molecule has 0 fully saturated rings. The number of nitrogens with one attached hydrogen (secondary N) is 1. The third-order valence-electron chi connectivity index (χ3n) is 2.24. The molecular formula is C11H11NO3. The van der Waals surface area contributed by atoms with Crippen molar-refractivity contribution in [3.8, 4) is 0 Å². The van der Waals surface area contributed by atoms with Crippen molar-refractivity contribution in [3.05, 3.63) is 29.8 Å². The summed E-state index contributed by atoms with van der Waals surface area (Å²) in [5.41, 5.74) is 1.65. The topological polar surface area (TPSA) is 51.5 Å². The summed E-state index contributed by atoms with van der Waals surface area (Å²) in [5.74, 6) is 0.433. The van der Waals surface area contributed by atoms with Gasteiger partial charge in [0.1, 0.15) is 5.58 Å². The number of carbonyl (C=O) groups excluding carboxylic acids is 1. The Bertz CT molecular complexity index is 502. The zero-order chi connectivity index (χ0) is 10.8. The van der Waals surface area contributed by atoms with Gasteiger partial charge in [0.05, 0.1) is 7.11 Å². The van der Waals surface area contributed by atoms with E-state index in [1.165, 1.54) is 7.11 Å². The number of benzene rings is 1. The highest BCUT2D eigenvalue weighted by Gasteiger charge is 2.12. The second-order valence-corrected chi connectivity index (χ2v) is 3.17. The maximum absolute atomic E-state index is 11.0. The van der Waals surface area contributed by atoms with Crippen LogP contribution in [0.3, 0.4) is 0 Å². The molecule has 0 radical (unpaired) electrons. The average molecular weight is 205 g/mol. The quantitative estimate of drug-likeness (QED) is 0.778. The Kier molecular flexibility index (Phi) is 2.33. The third kappa shape index (κ3) is 1.66. The maximum atomic E-state index is 11.0. The molecule has 2 aromatic rings. The summed E-state index contributed by atoms with van der Waals surface area (Å²) in [4.78, 5) is 11.0. The number of rotatable bonds is 1. The van der Waals surface area contributed by atoms with E-state index in [4.69, 9.17) is 4.42 Å². The van der Waals surface area contributed by atoms with Crippen molar-refractivity contribution < 1.29 is 13.9 Å². The van der Waals surface area contributed by atoms with Gasteiger partial charge >= 0.3 is 6.09 Å². The Morgan fingerprint density at radius 2 is 2.13 bits per heavy atom. The Balaban J connectivity index is 2.44. The van der Waals surface area contributed by atoms with E-state index in [9.17, 15) is 4.79 Å². The molecule has 0 saturated heterocycles. The van der Waals surface area contributed by atoms with Gasteiger partial charge in [0.25, 0.3) is 0 Å². The number of amides is 1. The number of aryl methyl sites for hydroxylation is 1. The summed E-state index contributed by atoms with van der Waals surface area (Å²) in [6, 6.07) is 7.60. The van der Waals surface area contributed by atoms with E-state index < -0.39 is 6.09 Å². The average Bonchev–Trinajstić information content (AvgIpc) is 2.57. The molecule has 4 heteroatoms. The van der Waals surface area contributed by atoms with Gasteiger partial charge < -0.3 is 9.15 Å². The molecule has 0 aliphatic carbocycles. The van der Waals surface area contributed by atoms with Crippen LogP contribution in [-0.4, -0.2) is 13.2 Å². The van der Waals surface area contributed by atoms with E-state index in [1.54, 1.807) is 0 Å². The Morgan fingerprint density at radius 3 is 2.80 bits per heavy atom. The van der Waals surface area contributed by atoms with Gasteiger partial charge in [-0.3, -0.25) is 5.32 Å². The van der Waals surface area contributed by atoms with Crippen molar-refractivity contribution in [2.45, 2.75) is 6.92 Å². The summed E-state index contributed by atoms with van der Waals surface area (Å²) in [6.45, 7) is 1.89. The van der Waals surface area contributed by atoms with E-state index in [0.717, 1.165) is 16.5 Å². The highest BCUT2D eigenvalue weighted by atomic mass is 16.5. The minimum Gasteiger partial charge on any atom is -0.453 e. The lowest BCUT2D eigenvalue weighted by molar-refractivity contribution is 0.186. The highest BCUT2D eigenvalue weighted by Crippen LogP contribution is 2.28. The van der Waals surface area contributed by atoms with Gasteiger partial charge in [-0.05, 0) is 13.0 Å². The molecule has 0 unspecified atom stereocenters. The number of hydrogen-bond acceptors (Lipinski definition) is 3. The minimum absolute atomic E-state index is 0.433. The lowest BCUT2D eigenvalue weighted by atomic mass is 10.2. The normalized spacial score (nSPS) is 10.3. The molecule has 1 aromatic heterocycles. The fourth-order valence-corrected chi connectivity index (χ4v) is 1.44. The zero-order valence-electron chi connectivity index (χ0n) is 8.53. The van der Waals surface area contributed by atoms with Crippen LogP contribution in [-0.2, 0) is 4.74 Å². The first-order chi connectivity index (χ1) is 7.22. The fraction of sp³-hybridized carbons (Fsp3) is 0.182. The molecule has 15 heavy (non-hydrogen) atoms. The molecular weight excluding hydrogens is 194 g/mol. The van der Waals surface area contributed by atoms with Crippen molar-refractivity contribution in [1.29, 1.82) is 0 Å². The number of carbonyl (C=O) groups is 1. The maximum Gasteiger partial charge on any atom is 0.413 e. The van der Waals surface area contributed by atoms with Crippen molar-refractivity contribution in [2.75, 3.05) is 12.4 Å². The van der Waals surface area contributed by atoms with Gasteiger partial charge in [0, 0.05) is 10.9 Å². The fourth-order valence-electron chi connectivity index (χ4n) is 1.44. The molecule has 0 spiro atoms. The predicted molar refractivity (Wildman–Crippen MR) is 57.0 cm³/mol. The lowest BCUT2D eigenvalue weighted by Gasteiger charge is -1.99. The van der Waals surface area contributed by atoms with Crippen LogP contribution in [0.25, 0.3) is 11.0 Å². The van der Waals surface area contributed by atoms with E-state index in [-0.39, 0.29) is 0 Å². The molecule has 0 aliphatic heterocycles. The second-order valence-electron chi connectivity index (χ2n) is 3.17. The SMILES string of the molecule is COC(=O)Nc1oc2ccccc2c1C. The van der Waals surface area contributed by atoms with Crippen LogP contribution in [0.4, 0.5) is 10.7 Å².